The van der Waals surface area contributed by atoms with Crippen molar-refractivity contribution in [3.63, 3.8) is 0 Å². The molecule has 0 N–H and O–H groups in total. The van der Waals surface area contributed by atoms with Crippen molar-refractivity contribution in [2.24, 2.45) is 29.6 Å². The summed E-state index contributed by atoms with van der Waals surface area (Å²) < 4.78 is 0. The fraction of sp³-hybridized carbons (Fsp3) is 0.778. The first-order valence-electron chi connectivity index (χ1n) is 12.4. The molecule has 150 valence electrons. The molecule has 0 saturated heterocycles. The second kappa shape index (κ2) is 9.62. The molecule has 27 heavy (non-hydrogen) atoms. The van der Waals surface area contributed by atoms with E-state index in [1.54, 1.807) is 37.7 Å². The summed E-state index contributed by atoms with van der Waals surface area (Å²) >= 11 is 0. The van der Waals surface area contributed by atoms with Crippen LogP contribution in [0.1, 0.15) is 108 Å². The molecule has 0 aliphatic heterocycles. The summed E-state index contributed by atoms with van der Waals surface area (Å²) in [6.45, 7) is 2.36. The van der Waals surface area contributed by atoms with Crippen molar-refractivity contribution in [1.29, 1.82) is 0 Å². The Morgan fingerprint density at radius 2 is 1.22 bits per heavy atom. The van der Waals surface area contributed by atoms with E-state index in [4.69, 9.17) is 0 Å². The summed E-state index contributed by atoms with van der Waals surface area (Å²) in [5.41, 5.74) is 1.61. The van der Waals surface area contributed by atoms with Crippen LogP contribution in [0.4, 0.5) is 0 Å². The largest absolute Gasteiger partial charge is 0.0654 e. The van der Waals surface area contributed by atoms with Gasteiger partial charge in [-0.15, -0.1) is 0 Å². The summed E-state index contributed by atoms with van der Waals surface area (Å²) in [5, 5.41) is 0. The van der Waals surface area contributed by atoms with Crippen LogP contribution in [0.25, 0.3) is 0 Å². The number of benzene rings is 1. The smallest absolute Gasteiger partial charge is 0.0159 e. The Morgan fingerprint density at radius 3 is 1.96 bits per heavy atom. The number of hydrogen-bond donors (Lipinski definition) is 0. The molecule has 0 bridgehead atoms. The van der Waals surface area contributed by atoms with Crippen LogP contribution < -0.4 is 0 Å². The van der Waals surface area contributed by atoms with Crippen molar-refractivity contribution in [1.82, 2.24) is 0 Å². The third-order valence-corrected chi connectivity index (χ3v) is 8.64. The normalized spacial score (nSPS) is 36.9. The molecule has 0 radical (unpaired) electrons. The first kappa shape index (κ1) is 19.5. The Balaban J connectivity index is 1.19. The van der Waals surface area contributed by atoms with Gasteiger partial charge in [0, 0.05) is 0 Å². The Morgan fingerprint density at radius 1 is 0.630 bits per heavy atom. The number of fused-ring (bicyclic) bond motifs is 1. The van der Waals surface area contributed by atoms with Crippen molar-refractivity contribution in [2.45, 2.75) is 103 Å². The van der Waals surface area contributed by atoms with Gasteiger partial charge in [0.15, 0.2) is 0 Å². The molecule has 4 atom stereocenters. The molecule has 1 aromatic rings. The summed E-state index contributed by atoms with van der Waals surface area (Å²) in [4.78, 5) is 0. The van der Waals surface area contributed by atoms with Crippen LogP contribution in [0.2, 0.25) is 0 Å². The van der Waals surface area contributed by atoms with Crippen molar-refractivity contribution in [3.05, 3.63) is 35.9 Å². The van der Waals surface area contributed by atoms with Gasteiger partial charge in [-0.25, -0.2) is 0 Å². The van der Waals surface area contributed by atoms with E-state index in [1.165, 1.54) is 57.8 Å². The minimum absolute atomic E-state index is 0.849. The van der Waals surface area contributed by atoms with E-state index in [1.807, 2.05) is 0 Å². The average molecular weight is 367 g/mol. The molecule has 0 heterocycles. The lowest BCUT2D eigenvalue weighted by molar-refractivity contribution is 0.108. The Bertz CT molecular complexity index is 538. The van der Waals surface area contributed by atoms with Crippen LogP contribution in [0.5, 0.6) is 0 Å². The SMILES string of the molecule is CCCC1CCC(CCC2CCC3CC(c4ccccc4)CCC3C2)CC1. The quantitative estimate of drug-likeness (QED) is 0.474. The molecular weight excluding hydrogens is 324 g/mol. The van der Waals surface area contributed by atoms with E-state index in [0.29, 0.717) is 0 Å². The fourth-order valence-electron chi connectivity index (χ4n) is 6.96. The number of rotatable bonds is 6. The minimum atomic E-state index is 0.849. The van der Waals surface area contributed by atoms with Crippen LogP contribution in [0, 0.1) is 29.6 Å². The molecule has 1 aromatic carbocycles. The summed E-state index contributed by atoms with van der Waals surface area (Å²) in [6.07, 6.45) is 21.2. The highest BCUT2D eigenvalue weighted by molar-refractivity contribution is 5.20. The lowest BCUT2D eigenvalue weighted by Crippen LogP contribution is -2.30. The monoisotopic (exact) mass is 366 g/mol. The Hall–Kier alpha value is -0.780. The molecular formula is C27H42. The predicted octanol–water partition coefficient (Wildman–Crippen LogP) is 8.37. The second-order valence-corrected chi connectivity index (χ2v) is 10.4. The van der Waals surface area contributed by atoms with Gasteiger partial charge in [-0.3, -0.25) is 0 Å². The summed E-state index contributed by atoms with van der Waals surface area (Å²) in [5.74, 6) is 6.15. The Kier molecular flexibility index (Phi) is 6.96. The predicted molar refractivity (Wildman–Crippen MR) is 117 cm³/mol. The van der Waals surface area contributed by atoms with Gasteiger partial charge < -0.3 is 0 Å². The van der Waals surface area contributed by atoms with Gasteiger partial charge in [-0.1, -0.05) is 95.0 Å². The molecule has 3 saturated carbocycles. The second-order valence-electron chi connectivity index (χ2n) is 10.4. The average Bonchev–Trinajstić information content (AvgIpc) is 2.73. The molecule has 0 heteroatoms. The van der Waals surface area contributed by atoms with Gasteiger partial charge in [-0.05, 0) is 73.2 Å². The summed E-state index contributed by atoms with van der Waals surface area (Å²) in [7, 11) is 0. The molecule has 0 nitrogen and oxygen atoms in total. The zero-order valence-electron chi connectivity index (χ0n) is 17.8. The van der Waals surface area contributed by atoms with Crippen LogP contribution >= 0.6 is 0 Å². The molecule has 0 aromatic heterocycles. The zero-order chi connectivity index (χ0) is 18.5. The van der Waals surface area contributed by atoms with E-state index in [0.717, 1.165) is 35.5 Å². The van der Waals surface area contributed by atoms with Gasteiger partial charge in [0.25, 0.3) is 0 Å². The topological polar surface area (TPSA) is 0 Å². The fourth-order valence-corrected chi connectivity index (χ4v) is 6.96. The van der Waals surface area contributed by atoms with Gasteiger partial charge in [0.05, 0.1) is 0 Å². The van der Waals surface area contributed by atoms with Crippen LogP contribution in [-0.4, -0.2) is 0 Å². The van der Waals surface area contributed by atoms with E-state index in [-0.39, 0.29) is 0 Å². The Labute approximate surface area is 168 Å². The third-order valence-electron chi connectivity index (χ3n) is 8.64. The van der Waals surface area contributed by atoms with Gasteiger partial charge in [0.2, 0.25) is 0 Å². The van der Waals surface area contributed by atoms with Gasteiger partial charge in [0.1, 0.15) is 0 Å². The lowest BCUT2D eigenvalue weighted by atomic mass is 9.63. The minimum Gasteiger partial charge on any atom is -0.0654 e. The van der Waals surface area contributed by atoms with Gasteiger partial charge in [-0.2, -0.15) is 0 Å². The van der Waals surface area contributed by atoms with Gasteiger partial charge >= 0.3 is 0 Å². The van der Waals surface area contributed by atoms with Crippen molar-refractivity contribution in [2.75, 3.05) is 0 Å². The molecule has 3 aliphatic rings. The maximum absolute atomic E-state index is 2.37. The highest BCUT2D eigenvalue weighted by Gasteiger charge is 2.36. The molecule has 3 aliphatic carbocycles. The molecule has 4 unspecified atom stereocenters. The van der Waals surface area contributed by atoms with E-state index in [9.17, 15) is 0 Å². The zero-order valence-corrected chi connectivity index (χ0v) is 17.8. The van der Waals surface area contributed by atoms with E-state index >= 15 is 0 Å². The van der Waals surface area contributed by atoms with Crippen LogP contribution in [0.15, 0.2) is 30.3 Å². The van der Waals surface area contributed by atoms with E-state index < -0.39 is 0 Å². The van der Waals surface area contributed by atoms with Crippen LogP contribution in [-0.2, 0) is 0 Å². The highest BCUT2D eigenvalue weighted by atomic mass is 14.4. The highest BCUT2D eigenvalue weighted by Crippen LogP contribution is 2.48. The maximum atomic E-state index is 2.37. The first-order valence-corrected chi connectivity index (χ1v) is 12.4. The lowest BCUT2D eigenvalue weighted by Gasteiger charge is -2.42. The molecule has 3 fully saturated rings. The standard InChI is InChI=1S/C27H42/c1-2-6-21-9-11-22(12-10-21)13-14-23-15-16-27-20-26(18-17-25(27)19-23)24-7-4-3-5-8-24/h3-5,7-8,21-23,25-27H,2,6,9-20H2,1H3. The van der Waals surface area contributed by atoms with E-state index in [2.05, 4.69) is 37.3 Å². The first-order chi connectivity index (χ1) is 13.3. The maximum Gasteiger partial charge on any atom is -0.0159 e. The molecule has 0 amide bonds. The summed E-state index contributed by atoms with van der Waals surface area (Å²) in [6, 6.07) is 11.4. The van der Waals surface area contributed by atoms with Crippen molar-refractivity contribution in [3.8, 4) is 0 Å². The molecule has 0 spiro atoms. The van der Waals surface area contributed by atoms with Crippen molar-refractivity contribution >= 4 is 0 Å². The third kappa shape index (κ3) is 5.18. The molecule has 4 rings (SSSR count). The van der Waals surface area contributed by atoms with Crippen molar-refractivity contribution < 1.29 is 0 Å². The number of hydrogen-bond acceptors (Lipinski definition) is 0. The van der Waals surface area contributed by atoms with Crippen LogP contribution in [0.3, 0.4) is 0 Å².